The van der Waals surface area contributed by atoms with Gasteiger partial charge in [0, 0.05) is 25.2 Å². The summed E-state index contributed by atoms with van der Waals surface area (Å²) in [6.45, 7) is 6.21. The van der Waals surface area contributed by atoms with Gasteiger partial charge in [-0.1, -0.05) is 26.0 Å². The van der Waals surface area contributed by atoms with Gasteiger partial charge in [-0.15, -0.1) is 12.4 Å². The van der Waals surface area contributed by atoms with Gasteiger partial charge in [-0.2, -0.15) is 0 Å². The molecule has 1 atom stereocenters. The summed E-state index contributed by atoms with van der Waals surface area (Å²) < 4.78 is 0. The van der Waals surface area contributed by atoms with Crippen LogP contribution in [-0.2, 0) is 0 Å². The molecule has 0 unspecified atom stereocenters. The molecular formula is C15H23ClN2O. The summed E-state index contributed by atoms with van der Waals surface area (Å²) in [7, 11) is 1.90. The van der Waals surface area contributed by atoms with Crippen LogP contribution in [0.15, 0.2) is 24.3 Å². The Morgan fingerprint density at radius 1 is 1.42 bits per heavy atom. The van der Waals surface area contributed by atoms with Gasteiger partial charge in [-0.25, -0.2) is 0 Å². The number of hydrogen-bond donors (Lipinski definition) is 1. The Kier molecular flexibility index (Phi) is 5.83. The molecular weight excluding hydrogens is 260 g/mol. The van der Waals surface area contributed by atoms with Gasteiger partial charge in [-0.05, 0) is 36.6 Å². The smallest absolute Gasteiger partial charge is 0.253 e. The molecule has 1 aliphatic rings. The summed E-state index contributed by atoms with van der Waals surface area (Å²) in [5.41, 5.74) is 2.02. The summed E-state index contributed by atoms with van der Waals surface area (Å²) in [6.07, 6.45) is 1.05. The van der Waals surface area contributed by atoms with Crippen molar-refractivity contribution in [2.45, 2.75) is 32.2 Å². The van der Waals surface area contributed by atoms with Crippen LogP contribution >= 0.6 is 12.4 Å². The fourth-order valence-corrected chi connectivity index (χ4v) is 2.37. The first-order valence-electron chi connectivity index (χ1n) is 6.67. The van der Waals surface area contributed by atoms with Crippen LogP contribution < -0.4 is 5.32 Å². The maximum absolute atomic E-state index is 12.4. The minimum atomic E-state index is 0. The highest BCUT2D eigenvalue weighted by Gasteiger charge is 2.24. The highest BCUT2D eigenvalue weighted by molar-refractivity contribution is 5.94. The van der Waals surface area contributed by atoms with Gasteiger partial charge in [0.05, 0.1) is 0 Å². The number of halogens is 1. The van der Waals surface area contributed by atoms with Crippen LogP contribution in [0, 0.1) is 0 Å². The highest BCUT2D eigenvalue weighted by Crippen LogP contribution is 2.18. The molecule has 1 N–H and O–H groups in total. The average molecular weight is 283 g/mol. The topological polar surface area (TPSA) is 32.3 Å². The molecule has 0 spiro atoms. The van der Waals surface area contributed by atoms with E-state index in [1.54, 1.807) is 0 Å². The molecule has 0 bridgehead atoms. The third kappa shape index (κ3) is 3.71. The molecule has 1 amide bonds. The number of rotatable bonds is 3. The van der Waals surface area contributed by atoms with Crippen molar-refractivity contribution in [1.29, 1.82) is 0 Å². The Morgan fingerprint density at radius 3 is 2.74 bits per heavy atom. The third-order valence-corrected chi connectivity index (χ3v) is 3.70. The Bertz CT molecular complexity index is 428. The second-order valence-corrected chi connectivity index (χ2v) is 5.34. The second kappa shape index (κ2) is 6.92. The predicted octanol–water partition coefficient (Wildman–Crippen LogP) is 2.67. The largest absolute Gasteiger partial charge is 0.337 e. The maximum Gasteiger partial charge on any atom is 0.253 e. The molecule has 0 saturated carbocycles. The lowest BCUT2D eigenvalue weighted by Crippen LogP contribution is -2.38. The van der Waals surface area contributed by atoms with E-state index in [0.29, 0.717) is 12.0 Å². The second-order valence-electron chi connectivity index (χ2n) is 5.34. The Labute approximate surface area is 121 Å². The van der Waals surface area contributed by atoms with E-state index in [2.05, 4.69) is 25.2 Å². The van der Waals surface area contributed by atoms with Crippen molar-refractivity contribution in [3.8, 4) is 0 Å². The number of hydrogen-bond acceptors (Lipinski definition) is 2. The molecule has 0 aromatic heterocycles. The van der Waals surface area contributed by atoms with E-state index in [0.717, 1.165) is 25.1 Å². The lowest BCUT2D eigenvalue weighted by atomic mass is 10.0. The molecule has 1 aliphatic heterocycles. The minimum Gasteiger partial charge on any atom is -0.337 e. The number of nitrogens with zero attached hydrogens (tertiary/aromatic N) is 1. The zero-order valence-corrected chi connectivity index (χ0v) is 12.7. The number of carbonyl (C=O) groups excluding carboxylic acids is 1. The zero-order chi connectivity index (χ0) is 13.1. The third-order valence-electron chi connectivity index (χ3n) is 3.70. The average Bonchev–Trinajstić information content (AvgIpc) is 2.91. The summed E-state index contributed by atoms with van der Waals surface area (Å²) in [6, 6.07) is 8.32. The van der Waals surface area contributed by atoms with Crippen molar-refractivity contribution in [3.05, 3.63) is 35.4 Å². The van der Waals surface area contributed by atoms with E-state index in [1.807, 2.05) is 30.1 Å². The molecule has 2 rings (SSSR count). The molecule has 19 heavy (non-hydrogen) atoms. The normalized spacial score (nSPS) is 18.2. The van der Waals surface area contributed by atoms with Crippen LogP contribution in [0.3, 0.4) is 0 Å². The Hall–Kier alpha value is -1.06. The van der Waals surface area contributed by atoms with E-state index in [-0.39, 0.29) is 18.3 Å². The van der Waals surface area contributed by atoms with E-state index in [9.17, 15) is 4.79 Å². The molecule has 1 aromatic rings. The summed E-state index contributed by atoms with van der Waals surface area (Å²) in [5.74, 6) is 0.586. The standard InChI is InChI=1S/C15H22N2O.ClH/c1-11(2)12-5-4-6-13(9-12)15(18)17(3)14-7-8-16-10-14;/h4-6,9,11,14,16H,7-8,10H2,1-3H3;1H/t14-;/m0./s1. The van der Waals surface area contributed by atoms with Crippen LogP contribution in [0.4, 0.5) is 0 Å². The molecule has 1 fully saturated rings. The molecule has 0 aliphatic carbocycles. The number of nitrogens with one attached hydrogen (secondary N) is 1. The fourth-order valence-electron chi connectivity index (χ4n) is 2.37. The van der Waals surface area contributed by atoms with Gasteiger partial charge in [0.15, 0.2) is 0 Å². The van der Waals surface area contributed by atoms with Crippen LogP contribution in [0.2, 0.25) is 0 Å². The van der Waals surface area contributed by atoms with Crippen molar-refractivity contribution in [2.75, 3.05) is 20.1 Å². The van der Waals surface area contributed by atoms with Crippen LogP contribution in [0.1, 0.15) is 42.1 Å². The summed E-state index contributed by atoms with van der Waals surface area (Å²) in [5, 5.41) is 3.30. The number of amides is 1. The number of benzene rings is 1. The van der Waals surface area contributed by atoms with Crippen molar-refractivity contribution in [1.82, 2.24) is 10.2 Å². The number of carbonyl (C=O) groups is 1. The van der Waals surface area contributed by atoms with Crippen molar-refractivity contribution in [2.24, 2.45) is 0 Å². The van der Waals surface area contributed by atoms with Crippen LogP contribution in [0.25, 0.3) is 0 Å². The maximum atomic E-state index is 12.4. The molecule has 1 saturated heterocycles. The Balaban J connectivity index is 0.00000180. The first kappa shape index (κ1) is 16.0. The van der Waals surface area contributed by atoms with E-state index in [1.165, 1.54) is 5.56 Å². The predicted molar refractivity (Wildman–Crippen MR) is 81.1 cm³/mol. The fraction of sp³-hybridized carbons (Fsp3) is 0.533. The summed E-state index contributed by atoms with van der Waals surface area (Å²) >= 11 is 0. The Morgan fingerprint density at radius 2 is 2.16 bits per heavy atom. The SMILES string of the molecule is CC(C)c1cccc(C(=O)N(C)[C@H]2CCNC2)c1.Cl. The molecule has 0 radical (unpaired) electrons. The number of likely N-dealkylation sites (N-methyl/N-ethyl adjacent to an activating group) is 1. The molecule has 1 aromatic carbocycles. The van der Waals surface area contributed by atoms with Crippen molar-refractivity contribution in [3.63, 3.8) is 0 Å². The van der Waals surface area contributed by atoms with E-state index in [4.69, 9.17) is 0 Å². The van der Waals surface area contributed by atoms with Crippen molar-refractivity contribution >= 4 is 18.3 Å². The first-order valence-corrected chi connectivity index (χ1v) is 6.67. The highest BCUT2D eigenvalue weighted by atomic mass is 35.5. The van der Waals surface area contributed by atoms with Gasteiger partial charge in [0.1, 0.15) is 0 Å². The first-order chi connectivity index (χ1) is 8.59. The van der Waals surface area contributed by atoms with E-state index < -0.39 is 0 Å². The molecule has 1 heterocycles. The minimum absolute atomic E-state index is 0. The van der Waals surface area contributed by atoms with Gasteiger partial charge >= 0.3 is 0 Å². The van der Waals surface area contributed by atoms with E-state index >= 15 is 0 Å². The molecule has 4 heteroatoms. The van der Waals surface area contributed by atoms with Crippen LogP contribution in [0.5, 0.6) is 0 Å². The summed E-state index contributed by atoms with van der Waals surface area (Å²) in [4.78, 5) is 14.3. The quantitative estimate of drug-likeness (QED) is 0.924. The van der Waals surface area contributed by atoms with Crippen molar-refractivity contribution < 1.29 is 4.79 Å². The van der Waals surface area contributed by atoms with Gasteiger partial charge in [-0.3, -0.25) is 4.79 Å². The van der Waals surface area contributed by atoms with Gasteiger partial charge in [0.25, 0.3) is 5.91 Å². The lowest BCUT2D eigenvalue weighted by Gasteiger charge is -2.24. The molecule has 3 nitrogen and oxygen atoms in total. The van der Waals surface area contributed by atoms with Gasteiger partial charge < -0.3 is 10.2 Å². The zero-order valence-electron chi connectivity index (χ0n) is 11.8. The lowest BCUT2D eigenvalue weighted by molar-refractivity contribution is 0.0743. The van der Waals surface area contributed by atoms with Gasteiger partial charge in [0.2, 0.25) is 0 Å². The van der Waals surface area contributed by atoms with Crippen LogP contribution in [-0.4, -0.2) is 37.0 Å². The monoisotopic (exact) mass is 282 g/mol. The molecule has 106 valence electrons.